The molecule has 0 aromatic heterocycles. The van der Waals surface area contributed by atoms with Gasteiger partial charge in [-0.2, -0.15) is 13.2 Å². The van der Waals surface area contributed by atoms with E-state index < -0.39 is 18.2 Å². The Balaban J connectivity index is 1.70. The number of halogens is 3. The highest BCUT2D eigenvalue weighted by molar-refractivity contribution is 5.77. The summed E-state index contributed by atoms with van der Waals surface area (Å²) in [6, 6.07) is 0. The average Bonchev–Trinajstić information content (AvgIpc) is 2.52. The van der Waals surface area contributed by atoms with Gasteiger partial charge in [0.25, 0.3) is 0 Å². The molecule has 1 aliphatic carbocycles. The largest absolute Gasteiger partial charge is 0.414 e. The van der Waals surface area contributed by atoms with Crippen molar-refractivity contribution < 1.29 is 27.8 Å². The summed E-state index contributed by atoms with van der Waals surface area (Å²) < 4.78 is 43.0. The van der Waals surface area contributed by atoms with Crippen molar-refractivity contribution in [3.63, 3.8) is 0 Å². The molecule has 22 heavy (non-hydrogen) atoms. The molecule has 0 bridgehead atoms. The summed E-state index contributed by atoms with van der Waals surface area (Å²) in [7, 11) is 0. The quantitative estimate of drug-likeness (QED) is 0.865. The number of amides is 1. The molecule has 1 aliphatic heterocycles. The van der Waals surface area contributed by atoms with Crippen LogP contribution in [0.1, 0.15) is 44.9 Å². The first-order valence-electron chi connectivity index (χ1n) is 8.02. The smallest absolute Gasteiger partial charge is 0.383 e. The number of ether oxygens (including phenoxy) is 1. The summed E-state index contributed by atoms with van der Waals surface area (Å²) in [5, 5.41) is 9.26. The first-order chi connectivity index (χ1) is 10.4. The molecular formula is C15H24F3NO3. The fourth-order valence-electron chi connectivity index (χ4n) is 3.24. The molecule has 1 saturated carbocycles. The lowest BCUT2D eigenvalue weighted by Crippen LogP contribution is -2.46. The molecule has 2 fully saturated rings. The van der Waals surface area contributed by atoms with E-state index in [-0.39, 0.29) is 44.5 Å². The predicted molar refractivity (Wildman–Crippen MR) is 74.2 cm³/mol. The number of carbonyl (C=O) groups is 1. The lowest BCUT2D eigenvalue weighted by Gasteiger charge is -2.35. The summed E-state index contributed by atoms with van der Waals surface area (Å²) >= 11 is 0. The fraction of sp³-hybridized carbons (Fsp3) is 0.933. The number of nitrogens with zero attached hydrogens (tertiary/aromatic N) is 1. The molecular weight excluding hydrogens is 299 g/mol. The SMILES string of the molecule is O=C(COC1CCCCC1)N1CCC(C(O)C(F)(F)F)CC1. The minimum absolute atomic E-state index is 0.0111. The number of rotatable bonds is 4. The van der Waals surface area contributed by atoms with Crippen LogP contribution in [0.5, 0.6) is 0 Å². The second kappa shape index (κ2) is 7.64. The molecule has 0 radical (unpaired) electrons. The van der Waals surface area contributed by atoms with E-state index in [0.717, 1.165) is 25.7 Å². The fourth-order valence-corrected chi connectivity index (χ4v) is 3.24. The maximum absolute atomic E-state index is 12.5. The zero-order chi connectivity index (χ0) is 16.2. The van der Waals surface area contributed by atoms with Crippen molar-refractivity contribution in [3.8, 4) is 0 Å². The van der Waals surface area contributed by atoms with Crippen molar-refractivity contribution in [1.82, 2.24) is 4.90 Å². The Kier molecular flexibility index (Phi) is 6.09. The van der Waals surface area contributed by atoms with E-state index in [0.29, 0.717) is 0 Å². The molecule has 0 spiro atoms. The average molecular weight is 323 g/mol. The minimum Gasteiger partial charge on any atom is -0.383 e. The molecule has 2 rings (SSSR count). The summed E-state index contributed by atoms with van der Waals surface area (Å²) in [4.78, 5) is 13.6. The Hall–Kier alpha value is -0.820. The Morgan fingerprint density at radius 2 is 1.73 bits per heavy atom. The van der Waals surface area contributed by atoms with E-state index >= 15 is 0 Å². The number of alkyl halides is 3. The third kappa shape index (κ3) is 4.84. The zero-order valence-electron chi connectivity index (χ0n) is 12.6. The first kappa shape index (κ1) is 17.5. The van der Waals surface area contributed by atoms with Crippen molar-refractivity contribution in [2.75, 3.05) is 19.7 Å². The Bertz CT molecular complexity index is 362. The molecule has 1 amide bonds. The van der Waals surface area contributed by atoms with Crippen LogP contribution in [0.25, 0.3) is 0 Å². The van der Waals surface area contributed by atoms with Gasteiger partial charge in [0.1, 0.15) is 6.61 Å². The van der Waals surface area contributed by atoms with Crippen molar-refractivity contribution >= 4 is 5.91 Å². The van der Waals surface area contributed by atoms with Gasteiger partial charge in [0.05, 0.1) is 6.10 Å². The van der Waals surface area contributed by atoms with Crippen molar-refractivity contribution in [3.05, 3.63) is 0 Å². The van der Waals surface area contributed by atoms with Gasteiger partial charge in [-0.25, -0.2) is 0 Å². The molecule has 1 saturated heterocycles. The normalized spacial score (nSPS) is 23.5. The topological polar surface area (TPSA) is 49.8 Å². The third-order valence-corrected chi connectivity index (χ3v) is 4.67. The van der Waals surface area contributed by atoms with Crippen LogP contribution in [0, 0.1) is 5.92 Å². The molecule has 1 N–H and O–H groups in total. The van der Waals surface area contributed by atoms with Gasteiger partial charge in [-0.05, 0) is 31.6 Å². The Morgan fingerprint density at radius 3 is 2.27 bits per heavy atom. The second-order valence-corrected chi connectivity index (χ2v) is 6.28. The molecule has 1 atom stereocenters. The van der Waals surface area contributed by atoms with Gasteiger partial charge in [-0.3, -0.25) is 4.79 Å². The van der Waals surface area contributed by atoms with Gasteiger partial charge in [-0.15, -0.1) is 0 Å². The summed E-state index contributed by atoms with van der Waals surface area (Å²) in [6.45, 7) is 0.520. The van der Waals surface area contributed by atoms with Gasteiger partial charge >= 0.3 is 6.18 Å². The molecule has 1 heterocycles. The van der Waals surface area contributed by atoms with E-state index in [1.807, 2.05) is 0 Å². The van der Waals surface area contributed by atoms with Crippen LogP contribution >= 0.6 is 0 Å². The van der Waals surface area contributed by atoms with Crippen molar-refractivity contribution in [2.24, 2.45) is 5.92 Å². The highest BCUT2D eigenvalue weighted by atomic mass is 19.4. The summed E-state index contributed by atoms with van der Waals surface area (Å²) in [6.07, 6.45) is -0.958. The second-order valence-electron chi connectivity index (χ2n) is 6.28. The molecule has 2 aliphatic rings. The lowest BCUT2D eigenvalue weighted by molar-refractivity contribution is -0.223. The van der Waals surface area contributed by atoms with Crippen LogP contribution in [0.4, 0.5) is 13.2 Å². The zero-order valence-corrected chi connectivity index (χ0v) is 12.6. The molecule has 4 nitrogen and oxygen atoms in total. The van der Waals surface area contributed by atoms with Crippen molar-refractivity contribution in [1.29, 1.82) is 0 Å². The standard InChI is InChI=1S/C15H24F3NO3/c16-15(17,18)14(21)11-6-8-19(9-7-11)13(20)10-22-12-4-2-1-3-5-12/h11-12,14,21H,1-10H2. The van der Waals surface area contributed by atoms with E-state index in [2.05, 4.69) is 0 Å². The summed E-state index contributed by atoms with van der Waals surface area (Å²) in [5.41, 5.74) is 0. The first-order valence-corrected chi connectivity index (χ1v) is 8.02. The molecule has 1 unspecified atom stereocenters. The highest BCUT2D eigenvalue weighted by Crippen LogP contribution is 2.31. The van der Waals surface area contributed by atoms with Crippen molar-refractivity contribution in [2.45, 2.75) is 63.3 Å². The number of carbonyl (C=O) groups excluding carboxylic acids is 1. The van der Waals surface area contributed by atoms with Crippen LogP contribution in [0.15, 0.2) is 0 Å². The molecule has 7 heteroatoms. The predicted octanol–water partition coefficient (Wildman–Crippen LogP) is 2.50. The third-order valence-electron chi connectivity index (χ3n) is 4.67. The monoisotopic (exact) mass is 323 g/mol. The number of piperidine rings is 1. The molecule has 0 aromatic carbocycles. The van der Waals surface area contributed by atoms with E-state index in [9.17, 15) is 23.1 Å². The molecule has 0 aromatic rings. The van der Waals surface area contributed by atoms with Crippen LogP contribution in [0.2, 0.25) is 0 Å². The van der Waals surface area contributed by atoms with Crippen LogP contribution < -0.4 is 0 Å². The van der Waals surface area contributed by atoms with E-state index in [4.69, 9.17) is 4.74 Å². The van der Waals surface area contributed by atoms with E-state index in [1.54, 1.807) is 4.90 Å². The number of hydrogen-bond donors (Lipinski definition) is 1. The maximum Gasteiger partial charge on any atom is 0.414 e. The summed E-state index contributed by atoms with van der Waals surface area (Å²) in [5.74, 6) is -0.978. The number of likely N-dealkylation sites (tertiary alicyclic amines) is 1. The van der Waals surface area contributed by atoms with Crippen LogP contribution in [-0.4, -0.2) is 54.0 Å². The molecule has 128 valence electrons. The van der Waals surface area contributed by atoms with Gasteiger partial charge in [0.2, 0.25) is 5.91 Å². The van der Waals surface area contributed by atoms with Gasteiger partial charge < -0.3 is 14.7 Å². The van der Waals surface area contributed by atoms with Gasteiger partial charge in [0, 0.05) is 13.1 Å². The Morgan fingerprint density at radius 1 is 1.14 bits per heavy atom. The van der Waals surface area contributed by atoms with Crippen LogP contribution in [0.3, 0.4) is 0 Å². The van der Waals surface area contributed by atoms with Gasteiger partial charge in [-0.1, -0.05) is 19.3 Å². The highest BCUT2D eigenvalue weighted by Gasteiger charge is 2.44. The number of aliphatic hydroxyl groups excluding tert-OH is 1. The lowest BCUT2D eigenvalue weighted by atomic mass is 9.91. The van der Waals surface area contributed by atoms with Gasteiger partial charge in [0.15, 0.2) is 6.10 Å². The maximum atomic E-state index is 12.5. The van der Waals surface area contributed by atoms with E-state index in [1.165, 1.54) is 6.42 Å². The number of hydrogen-bond acceptors (Lipinski definition) is 3. The minimum atomic E-state index is -4.58. The number of aliphatic hydroxyl groups is 1. The van der Waals surface area contributed by atoms with Crippen LogP contribution in [-0.2, 0) is 9.53 Å². The Labute approximate surface area is 128 Å².